The van der Waals surface area contributed by atoms with Gasteiger partial charge in [0, 0.05) is 0 Å². The molecule has 20 heavy (non-hydrogen) atoms. The van der Waals surface area contributed by atoms with E-state index in [1.165, 1.54) is 25.1 Å². The van der Waals surface area contributed by atoms with Crippen molar-refractivity contribution in [3.05, 3.63) is 72.1 Å². The fourth-order valence-corrected chi connectivity index (χ4v) is 1.78. The van der Waals surface area contributed by atoms with Crippen LogP contribution in [0.25, 0.3) is 0 Å². The first-order chi connectivity index (χ1) is 9.65. The van der Waals surface area contributed by atoms with E-state index in [4.69, 9.17) is 4.74 Å². The first-order valence-electron chi connectivity index (χ1n) is 6.47. The van der Waals surface area contributed by atoms with Gasteiger partial charge in [-0.2, -0.15) is 0 Å². The van der Waals surface area contributed by atoms with E-state index >= 15 is 0 Å². The molecule has 0 spiro atoms. The Bertz CT molecular complexity index is 574. The van der Waals surface area contributed by atoms with Gasteiger partial charge in [0.25, 0.3) is 0 Å². The summed E-state index contributed by atoms with van der Waals surface area (Å²) in [5, 5.41) is 0. The number of rotatable bonds is 5. The van der Waals surface area contributed by atoms with Crippen LogP contribution in [0, 0.1) is 5.82 Å². The van der Waals surface area contributed by atoms with E-state index in [0.717, 1.165) is 5.56 Å². The smallest absolute Gasteiger partial charge is 0.130 e. The third kappa shape index (κ3) is 4.19. The van der Waals surface area contributed by atoms with Gasteiger partial charge in [-0.1, -0.05) is 30.4 Å². The summed E-state index contributed by atoms with van der Waals surface area (Å²) in [6.07, 6.45) is 2.91. The Balaban J connectivity index is 2.13. The van der Waals surface area contributed by atoms with Crippen molar-refractivity contribution in [2.75, 3.05) is 0 Å². The quantitative estimate of drug-likeness (QED) is 0.691. The Labute approximate surface area is 117 Å². The molecule has 0 saturated heterocycles. The molecule has 1 unspecified atom stereocenters. The van der Waals surface area contributed by atoms with Crippen LogP contribution in [-0.2, 0) is 6.42 Å². The average Bonchev–Trinajstić information content (AvgIpc) is 2.43. The summed E-state index contributed by atoms with van der Waals surface area (Å²) < 4.78 is 31.3. The summed E-state index contributed by atoms with van der Waals surface area (Å²) in [7, 11) is 0. The molecule has 0 bridgehead atoms. The molecule has 0 aliphatic carbocycles. The summed E-state index contributed by atoms with van der Waals surface area (Å²) in [6.45, 7) is 1.48. The Morgan fingerprint density at radius 2 is 1.80 bits per heavy atom. The van der Waals surface area contributed by atoms with Gasteiger partial charge in [0.2, 0.25) is 0 Å². The summed E-state index contributed by atoms with van der Waals surface area (Å²) >= 11 is 0. The van der Waals surface area contributed by atoms with Crippen molar-refractivity contribution < 1.29 is 13.5 Å². The normalized spacial score (nSPS) is 12.6. The molecule has 104 valence electrons. The molecule has 2 aromatic carbocycles. The third-order valence-corrected chi connectivity index (χ3v) is 2.75. The maximum atomic E-state index is 12.8. The van der Waals surface area contributed by atoms with Gasteiger partial charge in [0.1, 0.15) is 23.5 Å². The van der Waals surface area contributed by atoms with Gasteiger partial charge in [-0.15, -0.1) is 0 Å². The number of alkyl halides is 1. The number of halogens is 2. The number of benzene rings is 2. The molecule has 2 rings (SSSR count). The van der Waals surface area contributed by atoms with Crippen molar-refractivity contribution in [1.29, 1.82) is 0 Å². The first-order valence-corrected chi connectivity index (χ1v) is 6.47. The van der Waals surface area contributed by atoms with Crippen LogP contribution < -0.4 is 4.74 Å². The number of ether oxygens (including phenoxy) is 1. The van der Waals surface area contributed by atoms with E-state index in [1.807, 2.05) is 24.3 Å². The lowest BCUT2D eigenvalue weighted by molar-refractivity contribution is 0.430. The zero-order valence-corrected chi connectivity index (χ0v) is 11.2. The third-order valence-electron chi connectivity index (χ3n) is 2.75. The second-order valence-electron chi connectivity index (χ2n) is 4.47. The van der Waals surface area contributed by atoms with Gasteiger partial charge in [0.15, 0.2) is 0 Å². The predicted octanol–water partition coefficient (Wildman–Crippen LogP) is 5.07. The van der Waals surface area contributed by atoms with Crippen molar-refractivity contribution in [1.82, 2.24) is 0 Å². The van der Waals surface area contributed by atoms with Gasteiger partial charge in [-0.05, 0) is 49.2 Å². The summed E-state index contributed by atoms with van der Waals surface area (Å²) in [5.41, 5.74) is 0.953. The second-order valence-corrected chi connectivity index (χ2v) is 4.47. The van der Waals surface area contributed by atoms with E-state index < -0.39 is 6.17 Å². The highest BCUT2D eigenvalue weighted by Crippen LogP contribution is 2.26. The van der Waals surface area contributed by atoms with Crippen LogP contribution >= 0.6 is 0 Å². The predicted molar refractivity (Wildman–Crippen MR) is 76.3 cm³/mol. The largest absolute Gasteiger partial charge is 0.457 e. The lowest BCUT2D eigenvalue weighted by atomic mass is 10.1. The first kappa shape index (κ1) is 14.3. The van der Waals surface area contributed by atoms with Gasteiger partial charge in [0.05, 0.1) is 0 Å². The van der Waals surface area contributed by atoms with Gasteiger partial charge in [-0.25, -0.2) is 8.78 Å². The van der Waals surface area contributed by atoms with Crippen LogP contribution in [-0.4, -0.2) is 6.17 Å². The zero-order valence-electron chi connectivity index (χ0n) is 11.2. The Kier molecular flexibility index (Phi) is 4.88. The number of hydrogen-bond donors (Lipinski definition) is 0. The van der Waals surface area contributed by atoms with Crippen LogP contribution in [0.15, 0.2) is 60.7 Å². The molecule has 0 aliphatic heterocycles. The summed E-state index contributed by atoms with van der Waals surface area (Å²) in [6, 6.07) is 13.4. The van der Waals surface area contributed by atoms with Gasteiger partial charge < -0.3 is 4.74 Å². The minimum Gasteiger partial charge on any atom is -0.457 e. The topological polar surface area (TPSA) is 9.23 Å². The standard InChI is InChI=1S/C17H16F2O/c1-13(18)5-4-7-14-6-2-3-8-17(14)20-16-11-9-15(19)10-12-16/h2-6,8-13H,7H2,1H3. The van der Waals surface area contributed by atoms with Crippen molar-refractivity contribution >= 4 is 0 Å². The van der Waals surface area contributed by atoms with Crippen LogP contribution in [0.2, 0.25) is 0 Å². The van der Waals surface area contributed by atoms with Gasteiger partial charge >= 0.3 is 0 Å². The maximum Gasteiger partial charge on any atom is 0.130 e. The summed E-state index contributed by atoms with van der Waals surface area (Å²) in [5.74, 6) is 0.961. The van der Waals surface area contributed by atoms with E-state index in [-0.39, 0.29) is 5.82 Å². The van der Waals surface area contributed by atoms with Gasteiger partial charge in [-0.3, -0.25) is 0 Å². The molecule has 0 aromatic heterocycles. The SMILES string of the molecule is CC(F)C=CCc1ccccc1Oc1ccc(F)cc1. The molecule has 1 atom stereocenters. The molecule has 0 amide bonds. The molecule has 0 fully saturated rings. The zero-order chi connectivity index (χ0) is 14.4. The number of allylic oxidation sites excluding steroid dienone is 2. The van der Waals surface area contributed by atoms with Crippen LogP contribution in [0.1, 0.15) is 12.5 Å². The summed E-state index contributed by atoms with van der Waals surface area (Å²) in [4.78, 5) is 0. The molecule has 0 heterocycles. The van der Waals surface area contributed by atoms with Crippen molar-refractivity contribution in [3.63, 3.8) is 0 Å². The van der Waals surface area contributed by atoms with Crippen molar-refractivity contribution in [2.45, 2.75) is 19.5 Å². The Morgan fingerprint density at radius 1 is 1.10 bits per heavy atom. The van der Waals surface area contributed by atoms with E-state index in [0.29, 0.717) is 17.9 Å². The molecule has 0 aliphatic rings. The average molecular weight is 274 g/mol. The minimum absolute atomic E-state index is 0.300. The van der Waals surface area contributed by atoms with Crippen LogP contribution in [0.3, 0.4) is 0 Å². The minimum atomic E-state index is -0.958. The number of para-hydroxylation sites is 1. The lowest BCUT2D eigenvalue weighted by Crippen LogP contribution is -1.91. The van der Waals surface area contributed by atoms with Crippen molar-refractivity contribution in [2.24, 2.45) is 0 Å². The molecular formula is C17H16F2O. The molecule has 1 nitrogen and oxygen atoms in total. The van der Waals surface area contributed by atoms with Crippen molar-refractivity contribution in [3.8, 4) is 11.5 Å². The highest BCUT2D eigenvalue weighted by Gasteiger charge is 2.03. The van der Waals surface area contributed by atoms with Crippen LogP contribution in [0.5, 0.6) is 11.5 Å². The molecule has 3 heteroatoms. The Hall–Kier alpha value is -2.16. The monoisotopic (exact) mass is 274 g/mol. The maximum absolute atomic E-state index is 12.8. The van der Waals surface area contributed by atoms with E-state index in [1.54, 1.807) is 18.2 Å². The van der Waals surface area contributed by atoms with Crippen LogP contribution in [0.4, 0.5) is 8.78 Å². The fraction of sp³-hybridized carbons (Fsp3) is 0.176. The Morgan fingerprint density at radius 3 is 2.50 bits per heavy atom. The molecular weight excluding hydrogens is 258 g/mol. The van der Waals surface area contributed by atoms with E-state index in [2.05, 4.69) is 0 Å². The van der Waals surface area contributed by atoms with E-state index in [9.17, 15) is 8.78 Å². The lowest BCUT2D eigenvalue weighted by Gasteiger charge is -2.09. The molecule has 0 saturated carbocycles. The second kappa shape index (κ2) is 6.85. The number of hydrogen-bond acceptors (Lipinski definition) is 1. The highest BCUT2D eigenvalue weighted by atomic mass is 19.1. The fourth-order valence-electron chi connectivity index (χ4n) is 1.78. The molecule has 0 N–H and O–H groups in total. The molecule has 0 radical (unpaired) electrons. The molecule has 2 aromatic rings. The highest BCUT2D eigenvalue weighted by molar-refractivity contribution is 5.38.